The lowest BCUT2D eigenvalue weighted by Gasteiger charge is -2.41. The number of para-hydroxylation sites is 1. The molecule has 0 amide bonds. The maximum Gasteiger partial charge on any atom is 0.337 e. The summed E-state index contributed by atoms with van der Waals surface area (Å²) in [6.45, 7) is 3.56. The van der Waals surface area contributed by atoms with E-state index in [0.29, 0.717) is 25.4 Å². The van der Waals surface area contributed by atoms with E-state index in [4.69, 9.17) is 14.2 Å². The number of aromatic nitrogens is 1. The molecule has 5 rings (SSSR count). The van der Waals surface area contributed by atoms with Gasteiger partial charge in [0.1, 0.15) is 11.9 Å². The van der Waals surface area contributed by atoms with Crippen LogP contribution < -0.4 is 9.64 Å². The molecule has 33 heavy (non-hydrogen) atoms. The summed E-state index contributed by atoms with van der Waals surface area (Å²) in [5, 5.41) is 9.67. The summed E-state index contributed by atoms with van der Waals surface area (Å²) in [7, 11) is 0. The Morgan fingerprint density at radius 3 is 2.39 bits per heavy atom. The Kier molecular flexibility index (Phi) is 6.32. The molecule has 2 aliphatic rings. The van der Waals surface area contributed by atoms with Gasteiger partial charge in [0, 0.05) is 25.6 Å². The van der Waals surface area contributed by atoms with E-state index in [0.717, 1.165) is 43.1 Å². The zero-order valence-corrected chi connectivity index (χ0v) is 18.4. The Morgan fingerprint density at radius 1 is 0.970 bits per heavy atom. The molecule has 2 saturated heterocycles. The van der Waals surface area contributed by atoms with Gasteiger partial charge in [-0.3, -0.25) is 0 Å². The summed E-state index contributed by atoms with van der Waals surface area (Å²) < 4.78 is 19.3. The zero-order chi connectivity index (χ0) is 22.6. The number of hydrogen-bond acceptors (Lipinski definition) is 5. The van der Waals surface area contributed by atoms with Gasteiger partial charge in [-0.1, -0.05) is 18.2 Å². The molecule has 2 fully saturated rings. The Morgan fingerprint density at radius 2 is 1.70 bits per heavy atom. The van der Waals surface area contributed by atoms with E-state index in [1.54, 1.807) is 12.1 Å². The van der Waals surface area contributed by atoms with Crippen LogP contribution in [0.4, 0.5) is 5.69 Å². The van der Waals surface area contributed by atoms with Crippen molar-refractivity contribution in [2.24, 2.45) is 0 Å². The number of carboxylic acids is 1. The van der Waals surface area contributed by atoms with E-state index in [9.17, 15) is 9.90 Å². The van der Waals surface area contributed by atoms with Crippen LogP contribution >= 0.6 is 0 Å². The molecule has 0 saturated carbocycles. The molecule has 1 N–H and O–H groups in total. The van der Waals surface area contributed by atoms with Gasteiger partial charge in [0.2, 0.25) is 0 Å². The summed E-state index contributed by atoms with van der Waals surface area (Å²) in [6, 6.07) is 17.3. The molecule has 172 valence electrons. The number of carbonyl (C=O) groups is 1. The maximum atomic E-state index is 11.8. The predicted octanol–water partition coefficient (Wildman–Crippen LogP) is 4.14. The first kappa shape index (κ1) is 21.6. The van der Waals surface area contributed by atoms with Crippen molar-refractivity contribution in [2.45, 2.75) is 31.7 Å². The molecule has 0 atom stereocenters. The van der Waals surface area contributed by atoms with Gasteiger partial charge in [-0.2, -0.15) is 0 Å². The van der Waals surface area contributed by atoms with Crippen LogP contribution in [0.5, 0.6) is 5.75 Å². The summed E-state index contributed by atoms with van der Waals surface area (Å²) >= 11 is 0. The lowest BCUT2D eigenvalue weighted by atomic mass is 10.1. The molecule has 0 radical (unpaired) electrons. The van der Waals surface area contributed by atoms with Crippen LogP contribution in [0, 0.1) is 0 Å². The van der Waals surface area contributed by atoms with Crippen molar-refractivity contribution in [1.82, 2.24) is 4.57 Å². The molecule has 0 bridgehead atoms. The van der Waals surface area contributed by atoms with E-state index in [1.165, 1.54) is 0 Å². The summed E-state index contributed by atoms with van der Waals surface area (Å²) in [5.41, 5.74) is 2.99. The normalized spacial score (nSPS) is 17.0. The van der Waals surface area contributed by atoms with Crippen LogP contribution in [0.3, 0.4) is 0 Å². The monoisotopic (exact) mass is 448 g/mol. The van der Waals surface area contributed by atoms with Crippen molar-refractivity contribution >= 4 is 11.7 Å². The molecule has 2 aliphatic heterocycles. The maximum absolute atomic E-state index is 11.8. The third-order valence-corrected chi connectivity index (χ3v) is 6.18. The van der Waals surface area contributed by atoms with Crippen molar-refractivity contribution in [3.63, 3.8) is 0 Å². The van der Waals surface area contributed by atoms with Gasteiger partial charge in [0.05, 0.1) is 42.7 Å². The highest BCUT2D eigenvalue weighted by Gasteiger charge is 2.31. The van der Waals surface area contributed by atoms with E-state index in [2.05, 4.69) is 4.90 Å². The summed E-state index contributed by atoms with van der Waals surface area (Å²) in [6.07, 6.45) is 5.99. The molecule has 3 heterocycles. The zero-order valence-electron chi connectivity index (χ0n) is 18.4. The van der Waals surface area contributed by atoms with Gasteiger partial charge in [-0.25, -0.2) is 4.79 Å². The van der Waals surface area contributed by atoms with E-state index in [1.807, 2.05) is 59.4 Å². The SMILES string of the molecule is O=C(O)c1cccc(N2CC(Oc3ccc(COC4CCOCC4)cc3)C2)c1-n1cccc1. The third kappa shape index (κ3) is 4.89. The molecular weight excluding hydrogens is 420 g/mol. The minimum Gasteiger partial charge on any atom is -0.487 e. The van der Waals surface area contributed by atoms with Crippen LogP contribution in [0.25, 0.3) is 5.69 Å². The fourth-order valence-electron chi connectivity index (χ4n) is 4.34. The molecule has 7 nitrogen and oxygen atoms in total. The predicted molar refractivity (Wildman–Crippen MR) is 124 cm³/mol. The lowest BCUT2D eigenvalue weighted by molar-refractivity contribution is -0.0390. The quantitative estimate of drug-likeness (QED) is 0.558. The highest BCUT2D eigenvalue weighted by Crippen LogP contribution is 2.32. The number of ether oxygens (including phenoxy) is 3. The van der Waals surface area contributed by atoms with Gasteiger partial charge < -0.3 is 28.8 Å². The van der Waals surface area contributed by atoms with Crippen LogP contribution in [0.15, 0.2) is 67.0 Å². The van der Waals surface area contributed by atoms with Crippen molar-refractivity contribution in [1.29, 1.82) is 0 Å². The lowest BCUT2D eigenvalue weighted by Crippen LogP contribution is -2.54. The van der Waals surface area contributed by atoms with Crippen molar-refractivity contribution < 1.29 is 24.1 Å². The Bertz CT molecular complexity index is 1070. The summed E-state index contributed by atoms with van der Waals surface area (Å²) in [5.74, 6) is -0.103. The first-order valence-electron chi connectivity index (χ1n) is 11.4. The average molecular weight is 449 g/mol. The first-order valence-corrected chi connectivity index (χ1v) is 11.4. The molecule has 0 unspecified atom stereocenters. The van der Waals surface area contributed by atoms with Gasteiger partial charge in [0.15, 0.2) is 0 Å². The Balaban J connectivity index is 1.18. The second kappa shape index (κ2) is 9.68. The number of aromatic carboxylic acids is 1. The van der Waals surface area contributed by atoms with Crippen molar-refractivity contribution in [3.8, 4) is 11.4 Å². The van der Waals surface area contributed by atoms with E-state index >= 15 is 0 Å². The number of hydrogen-bond donors (Lipinski definition) is 1. The second-order valence-corrected chi connectivity index (χ2v) is 8.48. The van der Waals surface area contributed by atoms with Crippen LogP contribution in [0.2, 0.25) is 0 Å². The molecular formula is C26H28N2O5. The smallest absolute Gasteiger partial charge is 0.337 e. The number of benzene rings is 2. The standard InChI is InChI=1S/C26H28N2O5/c29-26(30)23-4-3-5-24(25(23)27-12-1-2-13-27)28-16-22(17-28)33-21-8-6-19(7-9-21)18-32-20-10-14-31-15-11-20/h1-9,12-13,20,22H,10-11,14-18H2,(H,29,30). The van der Waals surface area contributed by atoms with E-state index in [-0.39, 0.29) is 17.8 Å². The fourth-order valence-corrected chi connectivity index (χ4v) is 4.34. The third-order valence-electron chi connectivity index (χ3n) is 6.18. The molecule has 0 spiro atoms. The topological polar surface area (TPSA) is 73.2 Å². The first-order chi connectivity index (χ1) is 16.2. The van der Waals surface area contributed by atoms with Gasteiger partial charge in [-0.05, 0) is 54.8 Å². The highest BCUT2D eigenvalue weighted by molar-refractivity contribution is 5.95. The number of anilines is 1. The van der Waals surface area contributed by atoms with Gasteiger partial charge in [-0.15, -0.1) is 0 Å². The summed E-state index contributed by atoms with van der Waals surface area (Å²) in [4.78, 5) is 14.0. The van der Waals surface area contributed by atoms with Crippen LogP contribution in [-0.4, -0.2) is 54.2 Å². The minimum absolute atomic E-state index is 0.0559. The van der Waals surface area contributed by atoms with E-state index < -0.39 is 5.97 Å². The van der Waals surface area contributed by atoms with Crippen LogP contribution in [-0.2, 0) is 16.1 Å². The Hall–Kier alpha value is -3.29. The molecule has 2 aromatic carbocycles. The number of rotatable bonds is 8. The van der Waals surface area contributed by atoms with Gasteiger partial charge in [0.25, 0.3) is 0 Å². The largest absolute Gasteiger partial charge is 0.487 e. The molecule has 7 heteroatoms. The van der Waals surface area contributed by atoms with Gasteiger partial charge >= 0.3 is 5.97 Å². The molecule has 1 aromatic heterocycles. The molecule has 0 aliphatic carbocycles. The second-order valence-electron chi connectivity index (χ2n) is 8.48. The number of nitrogens with zero attached hydrogens (tertiary/aromatic N) is 2. The average Bonchev–Trinajstić information content (AvgIpc) is 3.35. The fraction of sp³-hybridized carbons (Fsp3) is 0.346. The van der Waals surface area contributed by atoms with Crippen molar-refractivity contribution in [2.75, 3.05) is 31.2 Å². The highest BCUT2D eigenvalue weighted by atomic mass is 16.5. The molecule has 3 aromatic rings. The number of carboxylic acid groups (broad SMARTS) is 1. The Labute approximate surface area is 193 Å². The van der Waals surface area contributed by atoms with Crippen molar-refractivity contribution in [3.05, 3.63) is 78.1 Å². The minimum atomic E-state index is -0.935. The van der Waals surface area contributed by atoms with Crippen LogP contribution in [0.1, 0.15) is 28.8 Å².